The van der Waals surface area contributed by atoms with E-state index in [0.29, 0.717) is 10.6 Å². The van der Waals surface area contributed by atoms with Crippen LogP contribution in [0.15, 0.2) is 18.2 Å². The van der Waals surface area contributed by atoms with Crippen LogP contribution >= 0.6 is 11.6 Å². The average Bonchev–Trinajstić information content (AvgIpc) is 2.26. The number of benzene rings is 1. The quantitative estimate of drug-likeness (QED) is 0.756. The molecule has 0 aliphatic rings. The first-order chi connectivity index (χ1) is 8.81. The fourth-order valence-electron chi connectivity index (χ4n) is 1.49. The first kappa shape index (κ1) is 15.0. The molecule has 1 aromatic carbocycles. The van der Waals surface area contributed by atoms with Crippen LogP contribution in [0.3, 0.4) is 0 Å². The maximum absolute atomic E-state index is 11.9. The maximum atomic E-state index is 11.9. The van der Waals surface area contributed by atoms with Gasteiger partial charge in [-0.05, 0) is 30.7 Å². The van der Waals surface area contributed by atoms with E-state index in [0.717, 1.165) is 0 Å². The molecule has 0 aromatic heterocycles. The van der Waals surface area contributed by atoms with Gasteiger partial charge in [-0.3, -0.25) is 9.59 Å². The highest BCUT2D eigenvalue weighted by atomic mass is 35.5. The number of aryl methyl sites for hydroxylation is 1. The van der Waals surface area contributed by atoms with E-state index in [9.17, 15) is 14.4 Å². The fourth-order valence-corrected chi connectivity index (χ4v) is 1.72. The molecule has 0 heterocycles. The van der Waals surface area contributed by atoms with Crippen molar-refractivity contribution < 1.29 is 24.6 Å². The van der Waals surface area contributed by atoms with Crippen molar-refractivity contribution in [1.29, 1.82) is 0 Å². The highest BCUT2D eigenvalue weighted by Gasteiger charge is 2.24. The first-order valence-corrected chi connectivity index (χ1v) is 5.70. The van der Waals surface area contributed by atoms with Gasteiger partial charge in [0.15, 0.2) is 0 Å². The molecule has 0 aliphatic carbocycles. The number of hydrogen-bond acceptors (Lipinski definition) is 3. The van der Waals surface area contributed by atoms with Gasteiger partial charge in [0.1, 0.15) is 6.04 Å². The Labute approximate surface area is 114 Å². The molecule has 1 rings (SSSR count). The SMILES string of the molecule is Cc1cc(Cl)ccc1C(=O)N[C@@H](CC(=O)O)C(=O)O. The summed E-state index contributed by atoms with van der Waals surface area (Å²) in [5.74, 6) is -3.36. The van der Waals surface area contributed by atoms with E-state index < -0.39 is 30.3 Å². The monoisotopic (exact) mass is 285 g/mol. The summed E-state index contributed by atoms with van der Waals surface area (Å²) in [7, 11) is 0. The van der Waals surface area contributed by atoms with Crippen LogP contribution in [-0.2, 0) is 9.59 Å². The second-order valence-corrected chi connectivity index (χ2v) is 4.36. The van der Waals surface area contributed by atoms with E-state index in [2.05, 4.69) is 5.32 Å². The number of carbonyl (C=O) groups is 3. The van der Waals surface area contributed by atoms with Gasteiger partial charge in [-0.25, -0.2) is 4.79 Å². The van der Waals surface area contributed by atoms with Crippen molar-refractivity contribution in [3.05, 3.63) is 34.3 Å². The molecule has 3 N–H and O–H groups in total. The average molecular weight is 286 g/mol. The number of halogens is 1. The van der Waals surface area contributed by atoms with E-state index in [4.69, 9.17) is 21.8 Å². The van der Waals surface area contributed by atoms with Crippen LogP contribution < -0.4 is 5.32 Å². The number of carbonyl (C=O) groups excluding carboxylic acids is 1. The van der Waals surface area contributed by atoms with Crippen molar-refractivity contribution >= 4 is 29.4 Å². The number of carboxylic acids is 2. The lowest BCUT2D eigenvalue weighted by Gasteiger charge is -2.13. The predicted molar refractivity (Wildman–Crippen MR) is 67.3 cm³/mol. The largest absolute Gasteiger partial charge is 0.481 e. The summed E-state index contributed by atoms with van der Waals surface area (Å²) >= 11 is 5.74. The van der Waals surface area contributed by atoms with Gasteiger partial charge in [0.2, 0.25) is 0 Å². The standard InChI is InChI=1S/C12H12ClNO5/c1-6-4-7(13)2-3-8(6)11(17)14-9(12(18)19)5-10(15)16/h2-4,9H,5H2,1H3,(H,14,17)(H,15,16)(H,18,19)/t9-/m0/s1. The molecule has 102 valence electrons. The van der Waals surface area contributed by atoms with Gasteiger partial charge in [-0.15, -0.1) is 0 Å². The maximum Gasteiger partial charge on any atom is 0.326 e. The number of nitrogens with one attached hydrogen (secondary N) is 1. The summed E-state index contributed by atoms with van der Waals surface area (Å²) < 4.78 is 0. The molecule has 0 fully saturated rings. The highest BCUT2D eigenvalue weighted by Crippen LogP contribution is 2.15. The number of hydrogen-bond donors (Lipinski definition) is 3. The third-order valence-electron chi connectivity index (χ3n) is 2.42. The lowest BCUT2D eigenvalue weighted by Crippen LogP contribution is -2.42. The van der Waals surface area contributed by atoms with E-state index in [1.54, 1.807) is 13.0 Å². The van der Waals surface area contributed by atoms with Crippen molar-refractivity contribution in [1.82, 2.24) is 5.32 Å². The van der Waals surface area contributed by atoms with E-state index in [1.807, 2.05) is 0 Å². The molecular weight excluding hydrogens is 274 g/mol. The second-order valence-electron chi connectivity index (χ2n) is 3.92. The lowest BCUT2D eigenvalue weighted by molar-refractivity contribution is -0.145. The third kappa shape index (κ3) is 4.26. The molecule has 0 aliphatic heterocycles. The van der Waals surface area contributed by atoms with Crippen molar-refractivity contribution in [2.75, 3.05) is 0 Å². The summed E-state index contributed by atoms with van der Waals surface area (Å²) in [6, 6.07) is 3.03. The van der Waals surface area contributed by atoms with Crippen LogP contribution in [0, 0.1) is 6.92 Å². The highest BCUT2D eigenvalue weighted by molar-refractivity contribution is 6.30. The summed E-state index contributed by atoms with van der Waals surface area (Å²) in [6.07, 6.45) is -0.687. The first-order valence-electron chi connectivity index (χ1n) is 5.33. The van der Waals surface area contributed by atoms with Crippen LogP contribution in [0.1, 0.15) is 22.3 Å². The summed E-state index contributed by atoms with van der Waals surface area (Å²) in [5, 5.41) is 20.0. The number of rotatable bonds is 5. The molecule has 19 heavy (non-hydrogen) atoms. The Balaban J connectivity index is 2.87. The van der Waals surface area contributed by atoms with Crippen LogP contribution in [0.2, 0.25) is 5.02 Å². The second kappa shape index (κ2) is 6.19. The molecule has 1 amide bonds. The molecule has 6 nitrogen and oxygen atoms in total. The topological polar surface area (TPSA) is 104 Å². The van der Waals surface area contributed by atoms with Gasteiger partial charge in [-0.2, -0.15) is 0 Å². The molecule has 0 saturated carbocycles. The van der Waals surface area contributed by atoms with Crippen LogP contribution in [0.25, 0.3) is 0 Å². The van der Waals surface area contributed by atoms with Crippen molar-refractivity contribution in [2.24, 2.45) is 0 Å². The predicted octanol–water partition coefficient (Wildman–Crippen LogP) is 1.31. The lowest BCUT2D eigenvalue weighted by atomic mass is 10.1. The minimum atomic E-state index is -1.47. The minimum absolute atomic E-state index is 0.251. The zero-order valence-corrected chi connectivity index (χ0v) is 10.8. The molecule has 1 atom stereocenters. The summed E-state index contributed by atoms with van der Waals surface area (Å²) in [6.45, 7) is 1.65. The van der Waals surface area contributed by atoms with E-state index in [1.165, 1.54) is 12.1 Å². The van der Waals surface area contributed by atoms with Gasteiger partial charge in [0.25, 0.3) is 5.91 Å². The van der Waals surface area contributed by atoms with Gasteiger partial charge >= 0.3 is 11.9 Å². The van der Waals surface area contributed by atoms with Gasteiger partial charge in [0.05, 0.1) is 6.42 Å². The Kier molecular flexibility index (Phi) is 4.88. The summed E-state index contributed by atoms with van der Waals surface area (Å²) in [4.78, 5) is 33.2. The van der Waals surface area contributed by atoms with Gasteiger partial charge in [-0.1, -0.05) is 11.6 Å². The normalized spacial score (nSPS) is 11.7. The minimum Gasteiger partial charge on any atom is -0.481 e. The van der Waals surface area contributed by atoms with Crippen molar-refractivity contribution in [3.8, 4) is 0 Å². The fraction of sp³-hybridized carbons (Fsp3) is 0.250. The summed E-state index contributed by atoms with van der Waals surface area (Å²) in [5.41, 5.74) is 0.825. The molecule has 1 aromatic rings. The van der Waals surface area contributed by atoms with Gasteiger partial charge in [0, 0.05) is 10.6 Å². The van der Waals surface area contributed by atoms with Crippen molar-refractivity contribution in [2.45, 2.75) is 19.4 Å². The Morgan fingerprint density at radius 1 is 1.32 bits per heavy atom. The van der Waals surface area contributed by atoms with Crippen LogP contribution in [-0.4, -0.2) is 34.1 Å². The Bertz CT molecular complexity index is 529. The number of amides is 1. The smallest absolute Gasteiger partial charge is 0.326 e. The molecular formula is C12H12ClNO5. The molecule has 7 heteroatoms. The van der Waals surface area contributed by atoms with E-state index in [-0.39, 0.29) is 5.56 Å². The Hall–Kier alpha value is -2.08. The number of aliphatic carboxylic acids is 2. The van der Waals surface area contributed by atoms with Crippen LogP contribution in [0.4, 0.5) is 0 Å². The number of carboxylic acid groups (broad SMARTS) is 2. The molecule has 0 unspecified atom stereocenters. The van der Waals surface area contributed by atoms with Crippen molar-refractivity contribution in [3.63, 3.8) is 0 Å². The Morgan fingerprint density at radius 2 is 1.95 bits per heavy atom. The zero-order chi connectivity index (χ0) is 14.6. The third-order valence-corrected chi connectivity index (χ3v) is 2.65. The zero-order valence-electron chi connectivity index (χ0n) is 10.0. The van der Waals surface area contributed by atoms with Gasteiger partial charge < -0.3 is 15.5 Å². The molecule has 0 bridgehead atoms. The Morgan fingerprint density at radius 3 is 2.42 bits per heavy atom. The van der Waals surface area contributed by atoms with E-state index >= 15 is 0 Å². The molecule has 0 radical (unpaired) electrons. The molecule has 0 saturated heterocycles. The molecule has 0 spiro atoms. The van der Waals surface area contributed by atoms with Crippen LogP contribution in [0.5, 0.6) is 0 Å².